The maximum absolute atomic E-state index is 12.4. The first kappa shape index (κ1) is 17.8. The van der Waals surface area contributed by atoms with Crippen LogP contribution in [-0.4, -0.2) is 39.1 Å². The molecule has 0 aliphatic carbocycles. The van der Waals surface area contributed by atoms with Crippen molar-refractivity contribution in [3.05, 3.63) is 53.6 Å². The van der Waals surface area contributed by atoms with E-state index < -0.39 is 10.0 Å². The number of rotatable bonds is 5. The predicted molar refractivity (Wildman–Crippen MR) is 97.9 cm³/mol. The SMILES string of the molecule is O=C(CCNS(=O)(=O)c1ccc2c(c1)OCO2)N1CCc2ccccc2C1. The molecule has 7 nitrogen and oxygen atoms in total. The van der Waals surface area contributed by atoms with Gasteiger partial charge in [-0.25, -0.2) is 13.1 Å². The molecule has 0 saturated heterocycles. The van der Waals surface area contributed by atoms with Gasteiger partial charge in [0.1, 0.15) is 0 Å². The Kier molecular flexibility index (Phi) is 4.75. The molecule has 0 fully saturated rings. The van der Waals surface area contributed by atoms with Crippen LogP contribution in [0.2, 0.25) is 0 Å². The molecule has 8 heteroatoms. The van der Waals surface area contributed by atoms with Gasteiger partial charge in [-0.05, 0) is 29.7 Å². The van der Waals surface area contributed by atoms with E-state index >= 15 is 0 Å². The molecule has 4 rings (SSSR count). The minimum atomic E-state index is -3.71. The topological polar surface area (TPSA) is 84.9 Å². The van der Waals surface area contributed by atoms with E-state index in [4.69, 9.17) is 9.47 Å². The van der Waals surface area contributed by atoms with E-state index in [1.54, 1.807) is 11.0 Å². The molecule has 2 heterocycles. The lowest BCUT2D eigenvalue weighted by Gasteiger charge is -2.29. The van der Waals surface area contributed by atoms with Crippen LogP contribution in [0, 0.1) is 0 Å². The van der Waals surface area contributed by atoms with Gasteiger partial charge in [0, 0.05) is 32.1 Å². The number of amides is 1. The lowest BCUT2D eigenvalue weighted by Crippen LogP contribution is -2.38. The predicted octanol–water partition coefficient (Wildman–Crippen LogP) is 1.67. The van der Waals surface area contributed by atoms with Gasteiger partial charge in [-0.15, -0.1) is 0 Å². The van der Waals surface area contributed by atoms with Crippen LogP contribution in [0.3, 0.4) is 0 Å². The third kappa shape index (κ3) is 3.77. The summed E-state index contributed by atoms with van der Waals surface area (Å²) in [4.78, 5) is 14.3. The zero-order chi connectivity index (χ0) is 18.9. The Bertz CT molecular complexity index is 974. The van der Waals surface area contributed by atoms with E-state index in [0.29, 0.717) is 24.6 Å². The number of carbonyl (C=O) groups excluding carboxylic acids is 1. The van der Waals surface area contributed by atoms with Crippen molar-refractivity contribution in [3.63, 3.8) is 0 Å². The first-order valence-electron chi connectivity index (χ1n) is 8.77. The average Bonchev–Trinajstić information content (AvgIpc) is 3.15. The van der Waals surface area contributed by atoms with Crippen LogP contribution >= 0.6 is 0 Å². The molecule has 2 aromatic carbocycles. The van der Waals surface area contributed by atoms with Gasteiger partial charge in [0.05, 0.1) is 4.90 Å². The smallest absolute Gasteiger partial charge is 0.240 e. The molecule has 1 N–H and O–H groups in total. The normalized spacial score (nSPS) is 15.5. The molecule has 0 unspecified atom stereocenters. The molecule has 0 atom stereocenters. The third-order valence-corrected chi connectivity index (χ3v) is 6.23. The zero-order valence-corrected chi connectivity index (χ0v) is 15.5. The molecular formula is C19H20N2O5S. The molecular weight excluding hydrogens is 368 g/mol. The Hall–Kier alpha value is -2.58. The summed E-state index contributed by atoms with van der Waals surface area (Å²) < 4.78 is 37.7. The standard InChI is InChI=1S/C19H20N2O5S/c22-19(21-10-8-14-3-1-2-4-15(14)12-21)7-9-20-27(23,24)16-5-6-17-18(11-16)26-13-25-17/h1-6,11,20H,7-10,12-13H2. The highest BCUT2D eigenvalue weighted by atomic mass is 32.2. The summed E-state index contributed by atoms with van der Waals surface area (Å²) in [6.45, 7) is 1.36. The monoisotopic (exact) mass is 388 g/mol. The highest BCUT2D eigenvalue weighted by molar-refractivity contribution is 7.89. The second-order valence-electron chi connectivity index (χ2n) is 6.50. The highest BCUT2D eigenvalue weighted by Gasteiger charge is 2.22. The number of nitrogens with one attached hydrogen (secondary N) is 1. The minimum Gasteiger partial charge on any atom is -0.454 e. The van der Waals surface area contributed by atoms with Gasteiger partial charge in [0.15, 0.2) is 11.5 Å². The van der Waals surface area contributed by atoms with Crippen LogP contribution in [0.15, 0.2) is 47.4 Å². The Morgan fingerprint density at radius 2 is 1.85 bits per heavy atom. The van der Waals surface area contributed by atoms with Crippen LogP contribution in [0.5, 0.6) is 11.5 Å². The average molecular weight is 388 g/mol. The maximum Gasteiger partial charge on any atom is 0.240 e. The second-order valence-corrected chi connectivity index (χ2v) is 8.26. The van der Waals surface area contributed by atoms with Crippen molar-refractivity contribution in [2.45, 2.75) is 24.3 Å². The summed E-state index contributed by atoms with van der Waals surface area (Å²) in [6, 6.07) is 12.5. The lowest BCUT2D eigenvalue weighted by molar-refractivity contribution is -0.131. The van der Waals surface area contributed by atoms with Crippen molar-refractivity contribution in [2.24, 2.45) is 0 Å². The van der Waals surface area contributed by atoms with E-state index in [1.807, 2.05) is 18.2 Å². The Morgan fingerprint density at radius 1 is 1.07 bits per heavy atom. The largest absolute Gasteiger partial charge is 0.454 e. The first-order chi connectivity index (χ1) is 13.0. The van der Waals surface area contributed by atoms with Gasteiger partial charge >= 0.3 is 0 Å². The summed E-state index contributed by atoms with van der Waals surface area (Å²) >= 11 is 0. The number of nitrogens with zero attached hydrogens (tertiary/aromatic N) is 1. The van der Waals surface area contributed by atoms with Gasteiger partial charge in [-0.2, -0.15) is 0 Å². The van der Waals surface area contributed by atoms with Crippen molar-refractivity contribution < 1.29 is 22.7 Å². The molecule has 0 aromatic heterocycles. The van der Waals surface area contributed by atoms with Gasteiger partial charge < -0.3 is 14.4 Å². The van der Waals surface area contributed by atoms with Crippen LogP contribution in [0.25, 0.3) is 0 Å². The molecule has 1 amide bonds. The molecule has 27 heavy (non-hydrogen) atoms. The van der Waals surface area contributed by atoms with Crippen molar-refractivity contribution in [1.82, 2.24) is 9.62 Å². The van der Waals surface area contributed by atoms with Crippen LogP contribution in [0.4, 0.5) is 0 Å². The fourth-order valence-electron chi connectivity index (χ4n) is 3.29. The van der Waals surface area contributed by atoms with E-state index in [9.17, 15) is 13.2 Å². The molecule has 2 aliphatic rings. The van der Waals surface area contributed by atoms with E-state index in [0.717, 1.165) is 12.0 Å². The summed E-state index contributed by atoms with van der Waals surface area (Å²) in [6.07, 6.45) is 0.941. The minimum absolute atomic E-state index is 0.0494. The molecule has 0 radical (unpaired) electrons. The van der Waals surface area contributed by atoms with E-state index in [-0.39, 0.29) is 30.6 Å². The number of ether oxygens (including phenoxy) is 2. The molecule has 0 bridgehead atoms. The second kappa shape index (κ2) is 7.21. The number of fused-ring (bicyclic) bond motifs is 2. The van der Waals surface area contributed by atoms with Crippen molar-refractivity contribution in [3.8, 4) is 11.5 Å². The molecule has 0 spiro atoms. The van der Waals surface area contributed by atoms with Crippen molar-refractivity contribution in [1.29, 1.82) is 0 Å². The van der Waals surface area contributed by atoms with Gasteiger partial charge in [-0.3, -0.25) is 4.79 Å². The molecule has 2 aromatic rings. The number of carbonyl (C=O) groups is 1. The fraction of sp³-hybridized carbons (Fsp3) is 0.316. The Labute approximate surface area is 157 Å². The quantitative estimate of drug-likeness (QED) is 0.842. The maximum atomic E-state index is 12.4. The molecule has 0 saturated carbocycles. The Balaban J connectivity index is 1.33. The third-order valence-electron chi connectivity index (χ3n) is 4.77. The van der Waals surface area contributed by atoms with Crippen LogP contribution in [0.1, 0.15) is 17.5 Å². The summed E-state index contributed by atoms with van der Waals surface area (Å²) in [7, 11) is -3.71. The number of hydrogen-bond donors (Lipinski definition) is 1. The summed E-state index contributed by atoms with van der Waals surface area (Å²) in [5, 5.41) is 0. The van der Waals surface area contributed by atoms with Crippen LogP contribution < -0.4 is 14.2 Å². The molecule has 2 aliphatic heterocycles. The van der Waals surface area contributed by atoms with Gasteiger partial charge in [-0.1, -0.05) is 24.3 Å². The number of hydrogen-bond acceptors (Lipinski definition) is 5. The zero-order valence-electron chi connectivity index (χ0n) is 14.7. The van der Waals surface area contributed by atoms with Gasteiger partial charge in [0.2, 0.25) is 22.7 Å². The van der Waals surface area contributed by atoms with Crippen molar-refractivity contribution >= 4 is 15.9 Å². The lowest BCUT2D eigenvalue weighted by atomic mass is 10.00. The molecule has 142 valence electrons. The van der Waals surface area contributed by atoms with Crippen LogP contribution in [-0.2, 0) is 27.8 Å². The number of sulfonamides is 1. The van der Waals surface area contributed by atoms with E-state index in [2.05, 4.69) is 10.8 Å². The van der Waals surface area contributed by atoms with E-state index in [1.165, 1.54) is 17.7 Å². The van der Waals surface area contributed by atoms with Gasteiger partial charge in [0.25, 0.3) is 0 Å². The summed E-state index contributed by atoms with van der Waals surface area (Å²) in [5.41, 5.74) is 2.42. The summed E-state index contributed by atoms with van der Waals surface area (Å²) in [5.74, 6) is 0.869. The number of benzene rings is 2. The highest BCUT2D eigenvalue weighted by Crippen LogP contribution is 2.33. The van der Waals surface area contributed by atoms with Crippen molar-refractivity contribution in [2.75, 3.05) is 19.9 Å². The Morgan fingerprint density at radius 3 is 2.70 bits per heavy atom. The fourth-order valence-corrected chi connectivity index (χ4v) is 4.33. The first-order valence-corrected chi connectivity index (χ1v) is 10.3.